The fraction of sp³-hybridized carbons (Fsp3) is 0.333. The van der Waals surface area contributed by atoms with Gasteiger partial charge in [-0.1, -0.05) is 19.6 Å². The van der Waals surface area contributed by atoms with Crippen molar-refractivity contribution in [2.75, 3.05) is 13.7 Å². The van der Waals surface area contributed by atoms with E-state index in [1.807, 2.05) is 6.92 Å². The Kier molecular flexibility index (Phi) is 4.75. The lowest BCUT2D eigenvalue weighted by molar-refractivity contribution is 0.314. The quantitative estimate of drug-likeness (QED) is 0.805. The van der Waals surface area contributed by atoms with Gasteiger partial charge in [0, 0.05) is 11.6 Å². The average molecular weight is 272 g/mol. The highest BCUT2D eigenvalue weighted by molar-refractivity contribution is 7.86. The van der Waals surface area contributed by atoms with Gasteiger partial charge in [0.05, 0.1) is 13.7 Å². The van der Waals surface area contributed by atoms with Gasteiger partial charge in [-0.25, -0.2) is 0 Å². The SMILES string of the molecule is C=Cc1cc(OCCC)cc(S(=O)(=O)O)c1OC. The molecule has 0 radical (unpaired) electrons. The van der Waals surface area contributed by atoms with Gasteiger partial charge in [-0.15, -0.1) is 0 Å². The first-order valence-electron chi connectivity index (χ1n) is 5.38. The predicted octanol–water partition coefficient (Wildman–Crippen LogP) is 2.37. The van der Waals surface area contributed by atoms with E-state index in [-0.39, 0.29) is 10.6 Å². The van der Waals surface area contributed by atoms with Gasteiger partial charge in [0.2, 0.25) is 0 Å². The van der Waals surface area contributed by atoms with Crippen molar-refractivity contribution in [2.24, 2.45) is 0 Å². The first kappa shape index (κ1) is 14.5. The molecule has 0 atom stereocenters. The molecule has 0 saturated carbocycles. The van der Waals surface area contributed by atoms with Crippen LogP contribution in [0.4, 0.5) is 0 Å². The van der Waals surface area contributed by atoms with E-state index in [0.717, 1.165) is 6.42 Å². The Hall–Kier alpha value is -1.53. The summed E-state index contributed by atoms with van der Waals surface area (Å²) in [7, 11) is -3.06. The van der Waals surface area contributed by atoms with E-state index in [2.05, 4.69) is 6.58 Å². The number of ether oxygens (including phenoxy) is 2. The molecular formula is C12H16O5S. The lowest BCUT2D eigenvalue weighted by Crippen LogP contribution is -2.05. The summed E-state index contributed by atoms with van der Waals surface area (Å²) < 4.78 is 42.1. The monoisotopic (exact) mass is 272 g/mol. The van der Waals surface area contributed by atoms with E-state index in [0.29, 0.717) is 17.9 Å². The summed E-state index contributed by atoms with van der Waals surface area (Å²) in [4.78, 5) is -0.325. The van der Waals surface area contributed by atoms with Gasteiger partial charge in [-0.3, -0.25) is 4.55 Å². The van der Waals surface area contributed by atoms with Crippen molar-refractivity contribution < 1.29 is 22.4 Å². The number of hydrogen-bond donors (Lipinski definition) is 1. The summed E-state index contributed by atoms with van der Waals surface area (Å²) in [5.41, 5.74) is 0.443. The van der Waals surface area contributed by atoms with Crippen LogP contribution in [0.15, 0.2) is 23.6 Å². The van der Waals surface area contributed by atoms with Gasteiger partial charge in [-0.2, -0.15) is 8.42 Å². The van der Waals surface area contributed by atoms with Crippen LogP contribution in [0.3, 0.4) is 0 Å². The minimum atomic E-state index is -4.38. The van der Waals surface area contributed by atoms with E-state index in [4.69, 9.17) is 9.47 Å². The van der Waals surface area contributed by atoms with Crippen molar-refractivity contribution in [2.45, 2.75) is 18.2 Å². The lowest BCUT2D eigenvalue weighted by Gasteiger charge is -2.12. The summed E-state index contributed by atoms with van der Waals surface area (Å²) in [5, 5.41) is 0. The molecule has 100 valence electrons. The van der Waals surface area contributed by atoms with Crippen molar-refractivity contribution in [3.63, 3.8) is 0 Å². The Morgan fingerprint density at radius 1 is 1.44 bits per heavy atom. The maximum atomic E-state index is 11.3. The summed E-state index contributed by atoms with van der Waals surface area (Å²) in [6.07, 6.45) is 2.23. The van der Waals surface area contributed by atoms with Crippen LogP contribution in [0.2, 0.25) is 0 Å². The van der Waals surface area contributed by atoms with Crippen LogP contribution in [0.5, 0.6) is 11.5 Å². The van der Waals surface area contributed by atoms with Crippen molar-refractivity contribution in [1.82, 2.24) is 0 Å². The molecule has 0 heterocycles. The molecule has 0 aliphatic heterocycles. The summed E-state index contributed by atoms with van der Waals surface area (Å²) in [6, 6.07) is 2.84. The molecule has 0 aliphatic carbocycles. The molecule has 0 bridgehead atoms. The molecule has 0 spiro atoms. The maximum absolute atomic E-state index is 11.3. The molecule has 18 heavy (non-hydrogen) atoms. The molecule has 0 aliphatic rings. The molecule has 1 N–H and O–H groups in total. The van der Waals surface area contributed by atoms with Crippen molar-refractivity contribution in [3.05, 3.63) is 24.3 Å². The van der Waals surface area contributed by atoms with Crippen LogP contribution in [-0.4, -0.2) is 26.7 Å². The van der Waals surface area contributed by atoms with E-state index in [1.54, 1.807) is 6.07 Å². The Morgan fingerprint density at radius 2 is 2.11 bits per heavy atom. The van der Waals surface area contributed by atoms with Gasteiger partial charge in [0.25, 0.3) is 10.1 Å². The first-order valence-corrected chi connectivity index (χ1v) is 6.82. The lowest BCUT2D eigenvalue weighted by atomic mass is 10.2. The number of benzene rings is 1. The summed E-state index contributed by atoms with van der Waals surface area (Å²) in [6.45, 7) is 5.96. The molecule has 0 saturated heterocycles. The normalized spacial score (nSPS) is 11.1. The van der Waals surface area contributed by atoms with E-state index < -0.39 is 10.1 Å². The van der Waals surface area contributed by atoms with Crippen LogP contribution in [-0.2, 0) is 10.1 Å². The standard InChI is InChI=1S/C12H16O5S/c1-4-6-17-10-7-9(5-2)12(16-3)11(8-10)18(13,14)15/h5,7-8H,2,4,6H2,1,3H3,(H,13,14,15). The number of hydrogen-bond acceptors (Lipinski definition) is 4. The fourth-order valence-electron chi connectivity index (χ4n) is 1.46. The second-order valence-electron chi connectivity index (χ2n) is 3.57. The number of methoxy groups -OCH3 is 1. The van der Waals surface area contributed by atoms with E-state index in [9.17, 15) is 13.0 Å². The van der Waals surface area contributed by atoms with Gasteiger partial charge in [-0.05, 0) is 12.5 Å². The largest absolute Gasteiger partial charge is 0.495 e. The molecule has 1 rings (SSSR count). The molecule has 6 heteroatoms. The molecule has 0 unspecified atom stereocenters. The zero-order valence-corrected chi connectivity index (χ0v) is 11.2. The summed E-state index contributed by atoms with van der Waals surface area (Å²) >= 11 is 0. The molecule has 0 fully saturated rings. The minimum absolute atomic E-state index is 0.0522. The highest BCUT2D eigenvalue weighted by Crippen LogP contribution is 2.33. The van der Waals surface area contributed by atoms with Crippen LogP contribution in [0, 0.1) is 0 Å². The van der Waals surface area contributed by atoms with Crippen LogP contribution in [0.25, 0.3) is 6.08 Å². The smallest absolute Gasteiger partial charge is 0.298 e. The Labute approximate surface area is 107 Å². The van der Waals surface area contributed by atoms with E-state index in [1.165, 1.54) is 19.3 Å². The van der Waals surface area contributed by atoms with Crippen LogP contribution < -0.4 is 9.47 Å². The van der Waals surface area contributed by atoms with Gasteiger partial charge < -0.3 is 9.47 Å². The average Bonchev–Trinajstić information content (AvgIpc) is 2.33. The van der Waals surface area contributed by atoms with Crippen LogP contribution in [0.1, 0.15) is 18.9 Å². The summed E-state index contributed by atoms with van der Waals surface area (Å²) in [5.74, 6) is 0.400. The Bertz CT molecular complexity index is 534. The molecule has 0 aromatic heterocycles. The second-order valence-corrected chi connectivity index (χ2v) is 4.96. The fourth-order valence-corrected chi connectivity index (χ4v) is 2.16. The molecule has 1 aromatic rings. The van der Waals surface area contributed by atoms with Crippen LogP contribution >= 0.6 is 0 Å². The highest BCUT2D eigenvalue weighted by Gasteiger charge is 2.20. The Balaban J connectivity index is 3.41. The predicted molar refractivity (Wildman–Crippen MR) is 68.7 cm³/mol. The molecule has 1 aromatic carbocycles. The Morgan fingerprint density at radius 3 is 2.56 bits per heavy atom. The second kappa shape index (κ2) is 5.88. The zero-order chi connectivity index (χ0) is 13.8. The third kappa shape index (κ3) is 3.24. The van der Waals surface area contributed by atoms with Gasteiger partial charge in [0.1, 0.15) is 16.4 Å². The van der Waals surface area contributed by atoms with E-state index >= 15 is 0 Å². The van der Waals surface area contributed by atoms with Crippen molar-refractivity contribution in [3.8, 4) is 11.5 Å². The first-order chi connectivity index (χ1) is 8.43. The zero-order valence-electron chi connectivity index (χ0n) is 10.3. The molecule has 0 amide bonds. The van der Waals surface area contributed by atoms with Crippen molar-refractivity contribution >= 4 is 16.2 Å². The van der Waals surface area contributed by atoms with Gasteiger partial charge in [0.15, 0.2) is 0 Å². The number of rotatable bonds is 6. The van der Waals surface area contributed by atoms with Crippen molar-refractivity contribution in [1.29, 1.82) is 0 Å². The van der Waals surface area contributed by atoms with Gasteiger partial charge >= 0.3 is 0 Å². The molecular weight excluding hydrogens is 256 g/mol. The topological polar surface area (TPSA) is 72.8 Å². The third-order valence-corrected chi connectivity index (χ3v) is 3.09. The maximum Gasteiger partial charge on any atom is 0.298 e. The third-order valence-electron chi connectivity index (χ3n) is 2.23. The minimum Gasteiger partial charge on any atom is -0.495 e. The highest BCUT2D eigenvalue weighted by atomic mass is 32.2. The molecule has 5 nitrogen and oxygen atoms in total.